The molecule has 1 heterocycles. The highest BCUT2D eigenvalue weighted by molar-refractivity contribution is 5.55. The van der Waals surface area contributed by atoms with Crippen molar-refractivity contribution in [1.29, 1.82) is 0 Å². The first-order chi connectivity index (χ1) is 7.29. The fraction of sp³-hybridized carbons (Fsp3) is 0.417. The van der Waals surface area contributed by atoms with Crippen molar-refractivity contribution in [1.82, 2.24) is 0 Å². The third-order valence-electron chi connectivity index (χ3n) is 2.91. The molecular weight excluding hydrogens is 193 g/mol. The van der Waals surface area contributed by atoms with E-state index in [4.69, 9.17) is 0 Å². The number of halogens is 1. The zero-order valence-electron chi connectivity index (χ0n) is 8.53. The fourth-order valence-corrected chi connectivity index (χ4v) is 1.97. The topological polar surface area (TPSA) is 20.3 Å². The largest absolute Gasteiger partial charge is 0.371 e. The van der Waals surface area contributed by atoms with Crippen LogP contribution >= 0.6 is 0 Å². The maximum Gasteiger partial charge on any atom is 0.125 e. The van der Waals surface area contributed by atoms with Gasteiger partial charge in [0, 0.05) is 24.7 Å². The summed E-state index contributed by atoms with van der Waals surface area (Å²) in [4.78, 5) is 12.7. The molecule has 1 fully saturated rings. The van der Waals surface area contributed by atoms with Crippen LogP contribution in [0, 0.1) is 11.7 Å². The molecule has 80 valence electrons. The zero-order valence-corrected chi connectivity index (χ0v) is 8.53. The van der Waals surface area contributed by atoms with Crippen LogP contribution in [0.4, 0.5) is 10.1 Å². The Hall–Kier alpha value is -1.38. The van der Waals surface area contributed by atoms with Crippen molar-refractivity contribution in [2.24, 2.45) is 5.92 Å². The highest BCUT2D eigenvalue weighted by Crippen LogP contribution is 2.22. The van der Waals surface area contributed by atoms with E-state index in [0.29, 0.717) is 0 Å². The van der Waals surface area contributed by atoms with Crippen LogP contribution in [0.15, 0.2) is 24.3 Å². The summed E-state index contributed by atoms with van der Waals surface area (Å²) in [7, 11) is 0. The van der Waals surface area contributed by atoms with Gasteiger partial charge in [0.05, 0.1) is 0 Å². The second-order valence-corrected chi connectivity index (χ2v) is 3.94. The number of carbonyl (C=O) groups is 1. The summed E-state index contributed by atoms with van der Waals surface area (Å²) >= 11 is 0. The van der Waals surface area contributed by atoms with E-state index in [-0.39, 0.29) is 11.7 Å². The van der Waals surface area contributed by atoms with Gasteiger partial charge in [-0.1, -0.05) is 6.07 Å². The quantitative estimate of drug-likeness (QED) is 0.693. The Balaban J connectivity index is 2.04. The summed E-state index contributed by atoms with van der Waals surface area (Å²) in [5.41, 5.74) is 0.916. The average molecular weight is 207 g/mol. The number of rotatable bonds is 2. The first-order valence-electron chi connectivity index (χ1n) is 5.25. The first kappa shape index (κ1) is 10.1. The summed E-state index contributed by atoms with van der Waals surface area (Å²) in [5.74, 6) is -0.0141. The monoisotopic (exact) mass is 207 g/mol. The molecule has 0 unspecified atom stereocenters. The van der Waals surface area contributed by atoms with Crippen LogP contribution in [-0.4, -0.2) is 19.4 Å². The minimum atomic E-state index is -0.204. The molecule has 2 rings (SSSR count). The Morgan fingerprint density at radius 1 is 1.33 bits per heavy atom. The predicted molar refractivity (Wildman–Crippen MR) is 57.4 cm³/mol. The highest BCUT2D eigenvalue weighted by Gasteiger charge is 2.18. The smallest absolute Gasteiger partial charge is 0.125 e. The van der Waals surface area contributed by atoms with Gasteiger partial charge in [0.2, 0.25) is 0 Å². The lowest BCUT2D eigenvalue weighted by Crippen LogP contribution is -2.34. The standard InChI is InChI=1S/C12H14FNO/c13-11-2-1-3-12(8-11)14-6-4-10(9-15)5-7-14/h1-3,8-10H,4-7H2. The number of benzene rings is 1. The molecule has 1 aromatic rings. The maximum atomic E-state index is 13.0. The SMILES string of the molecule is O=CC1CCN(c2cccc(F)c2)CC1. The number of carbonyl (C=O) groups excluding carboxylic acids is 1. The molecule has 15 heavy (non-hydrogen) atoms. The van der Waals surface area contributed by atoms with Gasteiger partial charge >= 0.3 is 0 Å². The number of hydrogen-bond acceptors (Lipinski definition) is 2. The molecule has 1 saturated heterocycles. The van der Waals surface area contributed by atoms with Crippen LogP contribution in [0.2, 0.25) is 0 Å². The molecule has 0 bridgehead atoms. The van der Waals surface area contributed by atoms with Crippen LogP contribution in [0.3, 0.4) is 0 Å². The van der Waals surface area contributed by atoms with E-state index < -0.39 is 0 Å². The number of hydrogen-bond donors (Lipinski definition) is 0. The first-order valence-corrected chi connectivity index (χ1v) is 5.25. The Morgan fingerprint density at radius 2 is 2.07 bits per heavy atom. The van der Waals surface area contributed by atoms with E-state index >= 15 is 0 Å². The van der Waals surface area contributed by atoms with Crippen molar-refractivity contribution in [3.05, 3.63) is 30.1 Å². The van der Waals surface area contributed by atoms with Gasteiger partial charge in [-0.25, -0.2) is 4.39 Å². The summed E-state index contributed by atoms with van der Waals surface area (Å²) in [6.45, 7) is 1.68. The number of nitrogens with zero attached hydrogens (tertiary/aromatic N) is 1. The van der Waals surface area contributed by atoms with Gasteiger partial charge in [0.25, 0.3) is 0 Å². The summed E-state index contributed by atoms with van der Waals surface area (Å²) in [6, 6.07) is 6.61. The van der Waals surface area contributed by atoms with Crippen LogP contribution in [0.25, 0.3) is 0 Å². The van der Waals surface area contributed by atoms with Gasteiger partial charge in [-0.15, -0.1) is 0 Å². The molecule has 0 aromatic heterocycles. The fourth-order valence-electron chi connectivity index (χ4n) is 1.97. The molecule has 1 aliphatic heterocycles. The Labute approximate surface area is 88.7 Å². The van der Waals surface area contributed by atoms with Gasteiger partial charge in [-0.05, 0) is 31.0 Å². The van der Waals surface area contributed by atoms with Crippen LogP contribution < -0.4 is 4.90 Å². The molecule has 1 aliphatic rings. The molecule has 0 atom stereocenters. The van der Waals surface area contributed by atoms with Crippen molar-refractivity contribution in [2.75, 3.05) is 18.0 Å². The zero-order chi connectivity index (χ0) is 10.7. The summed E-state index contributed by atoms with van der Waals surface area (Å²) in [5, 5.41) is 0. The third-order valence-corrected chi connectivity index (χ3v) is 2.91. The van der Waals surface area contributed by atoms with Crippen molar-refractivity contribution in [3.63, 3.8) is 0 Å². The van der Waals surface area contributed by atoms with Crippen LogP contribution in [-0.2, 0) is 4.79 Å². The summed E-state index contributed by atoms with van der Waals surface area (Å²) < 4.78 is 13.0. The van der Waals surface area contributed by atoms with Crippen molar-refractivity contribution >= 4 is 12.0 Å². The van der Waals surface area contributed by atoms with Gasteiger partial charge in [-0.2, -0.15) is 0 Å². The normalized spacial score (nSPS) is 17.8. The van der Waals surface area contributed by atoms with Crippen molar-refractivity contribution in [2.45, 2.75) is 12.8 Å². The lowest BCUT2D eigenvalue weighted by Gasteiger charge is -2.31. The third kappa shape index (κ3) is 2.35. The highest BCUT2D eigenvalue weighted by atomic mass is 19.1. The second-order valence-electron chi connectivity index (χ2n) is 3.94. The molecule has 0 N–H and O–H groups in total. The van der Waals surface area contributed by atoms with E-state index in [0.717, 1.165) is 37.9 Å². The van der Waals surface area contributed by atoms with E-state index in [1.165, 1.54) is 6.07 Å². The average Bonchev–Trinajstić information content (AvgIpc) is 2.29. The molecule has 0 aliphatic carbocycles. The number of anilines is 1. The minimum Gasteiger partial charge on any atom is -0.371 e. The number of piperidine rings is 1. The lowest BCUT2D eigenvalue weighted by atomic mass is 9.98. The molecule has 1 aromatic carbocycles. The van der Waals surface area contributed by atoms with Gasteiger partial charge in [0.15, 0.2) is 0 Å². The van der Waals surface area contributed by atoms with Crippen molar-refractivity contribution in [3.8, 4) is 0 Å². The molecule has 2 nitrogen and oxygen atoms in total. The Kier molecular flexibility index (Phi) is 2.99. The van der Waals surface area contributed by atoms with E-state index in [1.807, 2.05) is 6.07 Å². The molecule has 0 amide bonds. The van der Waals surface area contributed by atoms with Crippen molar-refractivity contribution < 1.29 is 9.18 Å². The van der Waals surface area contributed by atoms with Gasteiger partial charge in [-0.3, -0.25) is 0 Å². The Morgan fingerprint density at radius 3 is 2.67 bits per heavy atom. The molecule has 0 radical (unpaired) electrons. The van der Waals surface area contributed by atoms with Gasteiger partial charge in [0.1, 0.15) is 12.1 Å². The lowest BCUT2D eigenvalue weighted by molar-refractivity contribution is -0.111. The molecule has 0 spiro atoms. The van der Waals surface area contributed by atoms with E-state index in [2.05, 4.69) is 4.90 Å². The predicted octanol–water partition coefficient (Wildman–Crippen LogP) is 2.24. The van der Waals surface area contributed by atoms with E-state index in [1.54, 1.807) is 12.1 Å². The van der Waals surface area contributed by atoms with Crippen LogP contribution in [0.5, 0.6) is 0 Å². The molecule has 3 heteroatoms. The van der Waals surface area contributed by atoms with Crippen LogP contribution in [0.1, 0.15) is 12.8 Å². The van der Waals surface area contributed by atoms with Gasteiger partial charge < -0.3 is 9.69 Å². The number of aldehydes is 1. The second kappa shape index (κ2) is 4.43. The molecular formula is C12H14FNO. The maximum absolute atomic E-state index is 13.0. The Bertz CT molecular complexity index is 345. The summed E-state index contributed by atoms with van der Waals surface area (Å²) in [6.07, 6.45) is 2.78. The molecule has 0 saturated carbocycles. The van der Waals surface area contributed by atoms with E-state index in [9.17, 15) is 9.18 Å². The minimum absolute atomic E-state index is 0.190.